The smallest absolute Gasteiger partial charge is 0.260 e. The molecule has 5 nitrogen and oxygen atoms in total. The lowest BCUT2D eigenvalue weighted by molar-refractivity contribution is -0.136. The standard InChI is InChI=1S/C22H26N2O3/c1-16-12-17(2)14-19(13-16)23-22(26)18-8-10-24(11-9-18)21(25)15-27-20-6-4-3-5-7-20/h3-7,12-14,18H,8-11,15H2,1-2H3,(H,23,26). The number of nitrogens with one attached hydrogen (secondary N) is 1. The molecule has 0 spiro atoms. The number of benzene rings is 2. The van der Waals surface area contributed by atoms with Crippen molar-refractivity contribution in [2.45, 2.75) is 26.7 Å². The molecule has 0 aliphatic carbocycles. The molecule has 2 amide bonds. The van der Waals surface area contributed by atoms with Crippen molar-refractivity contribution in [2.75, 3.05) is 25.0 Å². The highest BCUT2D eigenvalue weighted by Gasteiger charge is 2.27. The van der Waals surface area contributed by atoms with E-state index >= 15 is 0 Å². The van der Waals surface area contributed by atoms with Gasteiger partial charge in [-0.25, -0.2) is 0 Å². The molecule has 2 aromatic carbocycles. The maximum absolute atomic E-state index is 12.5. The Labute approximate surface area is 160 Å². The second-order valence-corrected chi connectivity index (χ2v) is 7.12. The number of carbonyl (C=O) groups excluding carboxylic acids is 2. The van der Waals surface area contributed by atoms with E-state index in [0.717, 1.165) is 16.8 Å². The molecular weight excluding hydrogens is 340 g/mol. The number of amides is 2. The molecule has 1 heterocycles. The van der Waals surface area contributed by atoms with Crippen LogP contribution in [0, 0.1) is 19.8 Å². The molecule has 142 valence electrons. The molecule has 5 heteroatoms. The van der Waals surface area contributed by atoms with Gasteiger partial charge in [0.25, 0.3) is 5.91 Å². The first-order chi connectivity index (χ1) is 13.0. The van der Waals surface area contributed by atoms with Crippen LogP contribution in [0.5, 0.6) is 5.75 Å². The van der Waals surface area contributed by atoms with Gasteiger partial charge in [-0.05, 0) is 62.1 Å². The van der Waals surface area contributed by atoms with E-state index < -0.39 is 0 Å². The topological polar surface area (TPSA) is 58.6 Å². The number of ether oxygens (including phenoxy) is 1. The van der Waals surface area contributed by atoms with Crippen molar-refractivity contribution in [2.24, 2.45) is 5.92 Å². The van der Waals surface area contributed by atoms with Crippen molar-refractivity contribution in [1.82, 2.24) is 4.90 Å². The molecule has 0 unspecified atom stereocenters. The number of piperidine rings is 1. The van der Waals surface area contributed by atoms with E-state index in [1.54, 1.807) is 4.90 Å². The fourth-order valence-electron chi connectivity index (χ4n) is 3.44. The Hall–Kier alpha value is -2.82. The summed E-state index contributed by atoms with van der Waals surface area (Å²) in [5.41, 5.74) is 3.10. The van der Waals surface area contributed by atoms with Crippen LogP contribution in [0.3, 0.4) is 0 Å². The summed E-state index contributed by atoms with van der Waals surface area (Å²) in [6.45, 7) is 5.24. The lowest BCUT2D eigenvalue weighted by Gasteiger charge is -2.31. The highest BCUT2D eigenvalue weighted by atomic mass is 16.5. The van der Waals surface area contributed by atoms with Crippen molar-refractivity contribution in [3.05, 3.63) is 59.7 Å². The molecule has 1 fully saturated rings. The van der Waals surface area contributed by atoms with Crippen LogP contribution in [0.4, 0.5) is 5.69 Å². The second-order valence-electron chi connectivity index (χ2n) is 7.12. The minimum atomic E-state index is -0.0649. The first-order valence-corrected chi connectivity index (χ1v) is 9.36. The SMILES string of the molecule is Cc1cc(C)cc(NC(=O)C2CCN(C(=O)COc3ccccc3)CC2)c1. The number of carbonyl (C=O) groups is 2. The van der Waals surface area contributed by atoms with Crippen LogP contribution in [-0.2, 0) is 9.59 Å². The van der Waals surface area contributed by atoms with Crippen LogP contribution >= 0.6 is 0 Å². The number of aryl methyl sites for hydroxylation is 2. The van der Waals surface area contributed by atoms with E-state index in [0.29, 0.717) is 31.7 Å². The predicted octanol–water partition coefficient (Wildman–Crippen LogP) is 3.56. The molecule has 3 rings (SSSR count). The first kappa shape index (κ1) is 19.0. The van der Waals surface area contributed by atoms with E-state index in [1.807, 2.05) is 56.3 Å². The van der Waals surface area contributed by atoms with Gasteiger partial charge >= 0.3 is 0 Å². The third-order valence-electron chi connectivity index (χ3n) is 4.81. The number of hydrogen-bond donors (Lipinski definition) is 1. The monoisotopic (exact) mass is 366 g/mol. The zero-order valence-electron chi connectivity index (χ0n) is 15.9. The predicted molar refractivity (Wildman–Crippen MR) is 106 cm³/mol. The van der Waals surface area contributed by atoms with Crippen molar-refractivity contribution in [3.8, 4) is 5.75 Å². The normalized spacial score (nSPS) is 14.7. The molecule has 27 heavy (non-hydrogen) atoms. The molecule has 1 N–H and O–H groups in total. The van der Waals surface area contributed by atoms with E-state index in [1.165, 1.54) is 0 Å². The molecular formula is C22H26N2O3. The molecule has 0 aromatic heterocycles. The summed E-state index contributed by atoms with van der Waals surface area (Å²) in [6, 6.07) is 15.3. The molecule has 0 radical (unpaired) electrons. The summed E-state index contributed by atoms with van der Waals surface area (Å²) < 4.78 is 5.53. The third kappa shape index (κ3) is 5.33. The minimum Gasteiger partial charge on any atom is -0.484 e. The van der Waals surface area contributed by atoms with Crippen LogP contribution in [0.15, 0.2) is 48.5 Å². The lowest BCUT2D eigenvalue weighted by Crippen LogP contribution is -2.43. The Bertz CT molecular complexity index is 776. The zero-order valence-corrected chi connectivity index (χ0v) is 15.9. The van der Waals surface area contributed by atoms with Gasteiger partial charge in [-0.2, -0.15) is 0 Å². The molecule has 0 bridgehead atoms. The number of para-hydroxylation sites is 1. The Morgan fingerprint density at radius 3 is 2.30 bits per heavy atom. The molecule has 1 aliphatic rings. The van der Waals surface area contributed by atoms with E-state index in [4.69, 9.17) is 4.74 Å². The van der Waals surface area contributed by atoms with Gasteiger partial charge in [0, 0.05) is 24.7 Å². The summed E-state index contributed by atoms with van der Waals surface area (Å²) in [5, 5.41) is 3.02. The van der Waals surface area contributed by atoms with E-state index in [-0.39, 0.29) is 24.3 Å². The number of likely N-dealkylation sites (tertiary alicyclic amines) is 1. The number of anilines is 1. The van der Waals surface area contributed by atoms with Crippen molar-refractivity contribution >= 4 is 17.5 Å². The van der Waals surface area contributed by atoms with Gasteiger partial charge in [-0.3, -0.25) is 9.59 Å². The van der Waals surface area contributed by atoms with Gasteiger partial charge in [0.05, 0.1) is 0 Å². The highest BCUT2D eigenvalue weighted by Crippen LogP contribution is 2.21. The third-order valence-corrected chi connectivity index (χ3v) is 4.81. The summed E-state index contributed by atoms with van der Waals surface area (Å²) in [7, 11) is 0. The number of nitrogens with zero attached hydrogens (tertiary/aromatic N) is 1. The Morgan fingerprint density at radius 1 is 1.04 bits per heavy atom. The first-order valence-electron chi connectivity index (χ1n) is 9.36. The Balaban J connectivity index is 1.46. The minimum absolute atomic E-state index is 0.0312. The molecule has 0 atom stereocenters. The Morgan fingerprint density at radius 2 is 1.67 bits per heavy atom. The van der Waals surface area contributed by atoms with Crippen molar-refractivity contribution < 1.29 is 14.3 Å². The Kier molecular flexibility index (Phi) is 6.12. The second kappa shape index (κ2) is 8.71. The quantitative estimate of drug-likeness (QED) is 0.880. The van der Waals surface area contributed by atoms with E-state index in [2.05, 4.69) is 11.4 Å². The lowest BCUT2D eigenvalue weighted by atomic mass is 9.95. The van der Waals surface area contributed by atoms with Crippen molar-refractivity contribution in [1.29, 1.82) is 0 Å². The maximum atomic E-state index is 12.5. The molecule has 0 saturated carbocycles. The van der Waals surface area contributed by atoms with Crippen LogP contribution in [0.25, 0.3) is 0 Å². The van der Waals surface area contributed by atoms with Gasteiger partial charge in [0.2, 0.25) is 5.91 Å². The van der Waals surface area contributed by atoms with E-state index in [9.17, 15) is 9.59 Å². The maximum Gasteiger partial charge on any atom is 0.260 e. The molecule has 1 saturated heterocycles. The van der Waals surface area contributed by atoms with Gasteiger partial charge in [-0.15, -0.1) is 0 Å². The number of rotatable bonds is 5. The van der Waals surface area contributed by atoms with Gasteiger partial charge < -0.3 is 15.0 Å². The summed E-state index contributed by atoms with van der Waals surface area (Å²) in [5.74, 6) is 0.623. The van der Waals surface area contributed by atoms with Crippen molar-refractivity contribution in [3.63, 3.8) is 0 Å². The van der Waals surface area contributed by atoms with Crippen LogP contribution in [0.2, 0.25) is 0 Å². The number of hydrogen-bond acceptors (Lipinski definition) is 3. The summed E-state index contributed by atoms with van der Waals surface area (Å²) in [4.78, 5) is 26.6. The van der Waals surface area contributed by atoms with Gasteiger partial charge in [-0.1, -0.05) is 24.3 Å². The molecule has 2 aromatic rings. The summed E-state index contributed by atoms with van der Waals surface area (Å²) >= 11 is 0. The van der Waals surface area contributed by atoms with Crippen LogP contribution < -0.4 is 10.1 Å². The zero-order chi connectivity index (χ0) is 19.2. The van der Waals surface area contributed by atoms with Gasteiger partial charge in [0.1, 0.15) is 5.75 Å². The van der Waals surface area contributed by atoms with Crippen LogP contribution in [0.1, 0.15) is 24.0 Å². The highest BCUT2D eigenvalue weighted by molar-refractivity contribution is 5.93. The van der Waals surface area contributed by atoms with Gasteiger partial charge in [0.15, 0.2) is 6.61 Å². The average Bonchev–Trinajstić information content (AvgIpc) is 2.66. The average molecular weight is 366 g/mol. The molecule has 1 aliphatic heterocycles. The fraction of sp³-hybridized carbons (Fsp3) is 0.364. The fourth-order valence-corrected chi connectivity index (χ4v) is 3.44. The largest absolute Gasteiger partial charge is 0.484 e. The van der Waals surface area contributed by atoms with Crippen LogP contribution in [-0.4, -0.2) is 36.4 Å². The summed E-state index contributed by atoms with van der Waals surface area (Å²) in [6.07, 6.45) is 1.35.